The number of anilines is 3. The monoisotopic (exact) mass is 180 g/mol. The number of hydrogen-bond acceptors (Lipinski definition) is 5. The van der Waals surface area contributed by atoms with Crippen molar-refractivity contribution in [2.24, 2.45) is 0 Å². The molecule has 0 radical (unpaired) electrons. The van der Waals surface area contributed by atoms with E-state index in [1.807, 2.05) is 0 Å². The SMILES string of the molecule is Nc1nc2cc(N)c(N)cc2s1. The van der Waals surface area contributed by atoms with Crippen molar-refractivity contribution in [2.45, 2.75) is 0 Å². The van der Waals surface area contributed by atoms with E-state index in [1.54, 1.807) is 12.1 Å². The van der Waals surface area contributed by atoms with Gasteiger partial charge in [-0.1, -0.05) is 11.3 Å². The van der Waals surface area contributed by atoms with Crippen LogP contribution in [0.4, 0.5) is 16.5 Å². The Balaban J connectivity index is 2.83. The van der Waals surface area contributed by atoms with Crippen molar-refractivity contribution in [3.63, 3.8) is 0 Å². The lowest BCUT2D eigenvalue weighted by atomic mass is 10.2. The number of aromatic nitrogens is 1. The van der Waals surface area contributed by atoms with Crippen LogP contribution in [-0.4, -0.2) is 4.98 Å². The number of hydrogen-bond donors (Lipinski definition) is 3. The highest BCUT2D eigenvalue weighted by Crippen LogP contribution is 2.28. The quantitative estimate of drug-likeness (QED) is 0.528. The van der Waals surface area contributed by atoms with Gasteiger partial charge in [0.1, 0.15) is 0 Å². The van der Waals surface area contributed by atoms with Crippen LogP contribution in [0.15, 0.2) is 12.1 Å². The highest BCUT2D eigenvalue weighted by atomic mass is 32.1. The van der Waals surface area contributed by atoms with Gasteiger partial charge in [0.25, 0.3) is 0 Å². The summed E-state index contributed by atoms with van der Waals surface area (Å²) in [7, 11) is 0. The van der Waals surface area contributed by atoms with Gasteiger partial charge in [-0.2, -0.15) is 0 Å². The van der Waals surface area contributed by atoms with Crippen molar-refractivity contribution >= 4 is 38.1 Å². The van der Waals surface area contributed by atoms with Crippen molar-refractivity contribution in [2.75, 3.05) is 17.2 Å². The van der Waals surface area contributed by atoms with E-state index in [1.165, 1.54) is 11.3 Å². The molecule has 0 unspecified atom stereocenters. The number of rotatable bonds is 0. The molecule has 2 rings (SSSR count). The third kappa shape index (κ3) is 0.947. The van der Waals surface area contributed by atoms with Gasteiger partial charge in [-0.05, 0) is 12.1 Å². The maximum absolute atomic E-state index is 5.61. The Hall–Kier alpha value is -1.49. The first-order chi connectivity index (χ1) is 5.66. The second-order valence-electron chi connectivity index (χ2n) is 2.50. The van der Waals surface area contributed by atoms with Gasteiger partial charge in [0.2, 0.25) is 0 Å². The Bertz CT molecular complexity index is 395. The number of nitrogens with two attached hydrogens (primary N) is 3. The van der Waals surface area contributed by atoms with Crippen LogP contribution in [0.25, 0.3) is 10.2 Å². The van der Waals surface area contributed by atoms with E-state index < -0.39 is 0 Å². The summed E-state index contributed by atoms with van der Waals surface area (Å²) in [6, 6.07) is 3.52. The maximum Gasteiger partial charge on any atom is 0.181 e. The van der Waals surface area contributed by atoms with Gasteiger partial charge in [0.15, 0.2) is 5.13 Å². The molecule has 0 saturated carbocycles. The molecule has 62 valence electrons. The Labute approximate surface area is 73.0 Å². The van der Waals surface area contributed by atoms with E-state index in [0.29, 0.717) is 16.5 Å². The number of benzene rings is 1. The van der Waals surface area contributed by atoms with Crippen LogP contribution in [0.1, 0.15) is 0 Å². The van der Waals surface area contributed by atoms with E-state index in [4.69, 9.17) is 17.2 Å². The zero-order valence-corrected chi connectivity index (χ0v) is 7.06. The van der Waals surface area contributed by atoms with E-state index in [9.17, 15) is 0 Å². The van der Waals surface area contributed by atoms with E-state index in [2.05, 4.69) is 4.98 Å². The molecule has 1 aromatic heterocycles. The minimum atomic E-state index is 0.537. The van der Waals surface area contributed by atoms with Crippen molar-refractivity contribution < 1.29 is 0 Å². The normalized spacial score (nSPS) is 10.7. The third-order valence-corrected chi connectivity index (χ3v) is 2.46. The van der Waals surface area contributed by atoms with Gasteiger partial charge in [-0.3, -0.25) is 0 Å². The standard InChI is InChI=1S/C7H8N4S/c8-3-1-5-6(2-4(3)9)12-7(10)11-5/h1-2H,8-9H2,(H2,10,11). The van der Waals surface area contributed by atoms with Crippen LogP contribution in [0.5, 0.6) is 0 Å². The lowest BCUT2D eigenvalue weighted by Gasteiger charge is -1.97. The van der Waals surface area contributed by atoms with Crippen LogP contribution in [0.3, 0.4) is 0 Å². The second kappa shape index (κ2) is 2.25. The zero-order chi connectivity index (χ0) is 8.72. The van der Waals surface area contributed by atoms with Crippen LogP contribution in [0, 0.1) is 0 Å². The summed E-state index contributed by atoms with van der Waals surface area (Å²) in [6.07, 6.45) is 0. The average molecular weight is 180 g/mol. The van der Waals surface area contributed by atoms with Gasteiger partial charge in [-0.25, -0.2) is 4.98 Å². The summed E-state index contributed by atoms with van der Waals surface area (Å²) < 4.78 is 0.971. The molecule has 0 atom stereocenters. The fourth-order valence-electron chi connectivity index (χ4n) is 1.02. The first-order valence-corrected chi connectivity index (χ1v) is 4.19. The molecule has 0 aliphatic heterocycles. The Morgan fingerprint density at radius 2 is 1.75 bits per heavy atom. The fourth-order valence-corrected chi connectivity index (χ4v) is 1.79. The van der Waals surface area contributed by atoms with E-state index >= 15 is 0 Å². The number of nitrogen functional groups attached to an aromatic ring is 3. The highest BCUT2D eigenvalue weighted by Gasteiger charge is 2.03. The van der Waals surface area contributed by atoms with E-state index in [-0.39, 0.29) is 0 Å². The molecule has 1 aromatic carbocycles. The molecule has 1 heterocycles. The molecule has 4 nitrogen and oxygen atoms in total. The van der Waals surface area contributed by atoms with E-state index in [0.717, 1.165) is 10.2 Å². The molecular weight excluding hydrogens is 172 g/mol. The van der Waals surface area contributed by atoms with Crippen LogP contribution < -0.4 is 17.2 Å². The summed E-state index contributed by atoms with van der Waals surface area (Å²) >= 11 is 1.41. The lowest BCUT2D eigenvalue weighted by Crippen LogP contribution is -1.93. The second-order valence-corrected chi connectivity index (χ2v) is 3.56. The average Bonchev–Trinajstić information content (AvgIpc) is 2.30. The minimum Gasteiger partial charge on any atom is -0.397 e. The molecule has 2 aromatic rings. The van der Waals surface area contributed by atoms with Gasteiger partial charge in [-0.15, -0.1) is 0 Å². The summed E-state index contributed by atoms with van der Waals surface area (Å²) in [5.41, 5.74) is 18.7. The molecule has 6 N–H and O–H groups in total. The third-order valence-electron chi connectivity index (χ3n) is 1.61. The summed E-state index contributed by atoms with van der Waals surface area (Å²) in [5.74, 6) is 0. The largest absolute Gasteiger partial charge is 0.397 e. The molecule has 0 bridgehead atoms. The molecule has 5 heteroatoms. The number of thiazole rings is 1. The molecule has 0 fully saturated rings. The Kier molecular flexibility index (Phi) is 1.34. The smallest absolute Gasteiger partial charge is 0.181 e. The first kappa shape index (κ1) is 7.17. The van der Waals surface area contributed by atoms with Crippen LogP contribution in [0.2, 0.25) is 0 Å². The molecule has 0 aliphatic carbocycles. The highest BCUT2D eigenvalue weighted by molar-refractivity contribution is 7.22. The van der Waals surface area contributed by atoms with Crippen molar-refractivity contribution in [1.82, 2.24) is 4.98 Å². The van der Waals surface area contributed by atoms with Crippen LogP contribution >= 0.6 is 11.3 Å². The predicted molar refractivity (Wildman–Crippen MR) is 52.9 cm³/mol. The molecular formula is C7H8N4S. The number of nitrogens with zero attached hydrogens (tertiary/aromatic N) is 1. The Morgan fingerprint density at radius 1 is 1.08 bits per heavy atom. The lowest BCUT2D eigenvalue weighted by molar-refractivity contribution is 1.50. The Morgan fingerprint density at radius 3 is 2.50 bits per heavy atom. The summed E-state index contributed by atoms with van der Waals surface area (Å²) in [6.45, 7) is 0. The van der Waals surface area contributed by atoms with Crippen LogP contribution in [-0.2, 0) is 0 Å². The van der Waals surface area contributed by atoms with Gasteiger partial charge >= 0.3 is 0 Å². The summed E-state index contributed by atoms with van der Waals surface area (Å²) in [5, 5.41) is 0.537. The molecule has 0 amide bonds. The number of fused-ring (bicyclic) bond motifs is 1. The maximum atomic E-state index is 5.61. The molecule has 0 aliphatic rings. The predicted octanol–water partition coefficient (Wildman–Crippen LogP) is 1.04. The first-order valence-electron chi connectivity index (χ1n) is 3.38. The van der Waals surface area contributed by atoms with Crippen molar-refractivity contribution in [1.29, 1.82) is 0 Å². The van der Waals surface area contributed by atoms with Crippen molar-refractivity contribution in [3.05, 3.63) is 12.1 Å². The van der Waals surface area contributed by atoms with Crippen molar-refractivity contribution in [3.8, 4) is 0 Å². The molecule has 0 spiro atoms. The molecule has 12 heavy (non-hydrogen) atoms. The summed E-state index contributed by atoms with van der Waals surface area (Å²) in [4.78, 5) is 4.08. The fraction of sp³-hybridized carbons (Fsp3) is 0. The van der Waals surface area contributed by atoms with Gasteiger partial charge in [0, 0.05) is 0 Å². The topological polar surface area (TPSA) is 90.9 Å². The molecule has 0 saturated heterocycles. The van der Waals surface area contributed by atoms with Gasteiger partial charge in [0.05, 0.1) is 21.6 Å². The van der Waals surface area contributed by atoms with Gasteiger partial charge < -0.3 is 17.2 Å². The zero-order valence-electron chi connectivity index (χ0n) is 6.24. The minimum absolute atomic E-state index is 0.537.